The summed E-state index contributed by atoms with van der Waals surface area (Å²) in [5.74, 6) is -1.07. The second-order valence-corrected chi connectivity index (χ2v) is 10.9. The molecule has 1 amide bonds. The van der Waals surface area contributed by atoms with Crippen LogP contribution in [-0.2, 0) is 16.3 Å². The minimum absolute atomic E-state index is 0.0190. The Bertz CT molecular complexity index is 1260. The summed E-state index contributed by atoms with van der Waals surface area (Å²) >= 11 is 6.78. The van der Waals surface area contributed by atoms with E-state index in [4.69, 9.17) is 9.84 Å². The number of phenolic OH excluding ortho intramolecular Hbond substituents is 1. The van der Waals surface area contributed by atoms with Crippen LogP contribution in [0.15, 0.2) is 63.5 Å². The third-order valence-corrected chi connectivity index (χ3v) is 7.12. The SMILES string of the molecule is CC(O)([PH2]=O)c1cc(Br)c(Oc2ccc(O)c(C(=O)NCCc3ccc(C(=O)O)cc3)c2)c(Br)c1. The van der Waals surface area contributed by atoms with Crippen molar-refractivity contribution >= 4 is 52.2 Å². The molecule has 0 aliphatic carbocycles. The molecule has 3 aromatic carbocycles. The molecule has 0 radical (unpaired) electrons. The molecule has 0 aromatic heterocycles. The highest BCUT2D eigenvalue weighted by Gasteiger charge is 2.24. The molecule has 11 heteroatoms. The highest BCUT2D eigenvalue weighted by Crippen LogP contribution is 2.42. The molecule has 3 aromatic rings. The van der Waals surface area contributed by atoms with E-state index in [1.165, 1.54) is 37.3 Å². The summed E-state index contributed by atoms with van der Waals surface area (Å²) in [5, 5.41) is 30.7. The van der Waals surface area contributed by atoms with Crippen LogP contribution in [0.3, 0.4) is 0 Å². The van der Waals surface area contributed by atoms with Crippen molar-refractivity contribution in [3.05, 3.63) is 85.8 Å². The summed E-state index contributed by atoms with van der Waals surface area (Å²) in [4.78, 5) is 23.6. The van der Waals surface area contributed by atoms with E-state index in [9.17, 15) is 24.4 Å². The lowest BCUT2D eigenvalue weighted by Gasteiger charge is -2.19. The van der Waals surface area contributed by atoms with Crippen LogP contribution >= 0.6 is 40.3 Å². The van der Waals surface area contributed by atoms with Crippen LogP contribution < -0.4 is 10.1 Å². The van der Waals surface area contributed by atoms with E-state index < -0.39 is 25.7 Å². The van der Waals surface area contributed by atoms with Crippen molar-refractivity contribution in [2.75, 3.05) is 6.54 Å². The Hall–Kier alpha value is -2.65. The summed E-state index contributed by atoms with van der Waals surface area (Å²) in [6.07, 6.45) is 0.476. The Labute approximate surface area is 219 Å². The number of aliphatic hydroxyl groups is 1. The van der Waals surface area contributed by atoms with E-state index in [2.05, 4.69) is 37.2 Å². The van der Waals surface area contributed by atoms with E-state index >= 15 is 0 Å². The number of hydrogen-bond donors (Lipinski definition) is 4. The van der Waals surface area contributed by atoms with Gasteiger partial charge in [0.2, 0.25) is 0 Å². The molecule has 184 valence electrons. The van der Waals surface area contributed by atoms with E-state index in [-0.39, 0.29) is 29.2 Å². The zero-order valence-corrected chi connectivity index (χ0v) is 22.7. The van der Waals surface area contributed by atoms with Crippen LogP contribution in [0.1, 0.15) is 38.8 Å². The summed E-state index contributed by atoms with van der Waals surface area (Å²) in [6.45, 7) is 1.73. The molecule has 2 unspecified atom stereocenters. The van der Waals surface area contributed by atoms with Gasteiger partial charge < -0.3 is 29.9 Å². The standard InChI is InChI=1S/C24H22Br2NO7P/c1-24(32,35-33)15-10-18(25)21(19(26)11-15)34-16-6-7-20(28)17(12-16)22(29)27-9-8-13-2-4-14(5-3-13)23(30)31/h2-7,10-12,28,32H,8-9,35H2,1H3,(H,27,29)(H,30,31). The molecule has 0 spiro atoms. The molecule has 0 heterocycles. The fourth-order valence-electron chi connectivity index (χ4n) is 3.13. The summed E-state index contributed by atoms with van der Waals surface area (Å²) in [6, 6.07) is 13.8. The van der Waals surface area contributed by atoms with Gasteiger partial charge in [0.15, 0.2) is 5.75 Å². The largest absolute Gasteiger partial charge is 0.507 e. The monoisotopic (exact) mass is 625 g/mol. The van der Waals surface area contributed by atoms with E-state index in [1.54, 1.807) is 24.3 Å². The van der Waals surface area contributed by atoms with Crippen LogP contribution in [0.5, 0.6) is 17.2 Å². The lowest BCUT2D eigenvalue weighted by Crippen LogP contribution is -2.25. The normalized spacial score (nSPS) is 12.9. The first-order valence-electron chi connectivity index (χ1n) is 10.3. The van der Waals surface area contributed by atoms with Crippen molar-refractivity contribution in [3.8, 4) is 17.2 Å². The number of phenols is 1. The third-order valence-electron chi connectivity index (χ3n) is 5.14. The molecule has 3 rings (SSSR count). The van der Waals surface area contributed by atoms with Gasteiger partial charge in [-0.25, -0.2) is 4.79 Å². The molecule has 0 aliphatic rings. The van der Waals surface area contributed by atoms with Crippen LogP contribution in [0, 0.1) is 0 Å². The van der Waals surface area contributed by atoms with Crippen molar-refractivity contribution < 1.29 is 34.2 Å². The van der Waals surface area contributed by atoms with E-state index in [0.29, 0.717) is 26.7 Å². The van der Waals surface area contributed by atoms with Crippen molar-refractivity contribution in [2.45, 2.75) is 18.7 Å². The van der Waals surface area contributed by atoms with Crippen molar-refractivity contribution in [1.29, 1.82) is 0 Å². The number of ether oxygens (including phenoxy) is 1. The van der Waals surface area contributed by atoms with Crippen LogP contribution in [0.2, 0.25) is 0 Å². The molecule has 0 fully saturated rings. The summed E-state index contributed by atoms with van der Waals surface area (Å²) in [5.41, 5.74) is 1.50. The van der Waals surface area contributed by atoms with Gasteiger partial charge in [-0.05, 0) is 98.8 Å². The Balaban J connectivity index is 1.71. The smallest absolute Gasteiger partial charge is 0.335 e. The molecule has 8 nitrogen and oxygen atoms in total. The number of carboxylic acids is 1. The Morgan fingerprint density at radius 1 is 1.06 bits per heavy atom. The lowest BCUT2D eigenvalue weighted by molar-refractivity contribution is 0.0696. The number of carbonyl (C=O) groups excluding carboxylic acids is 1. The molecule has 35 heavy (non-hydrogen) atoms. The van der Waals surface area contributed by atoms with E-state index in [1.807, 2.05) is 0 Å². The highest BCUT2D eigenvalue weighted by molar-refractivity contribution is 9.11. The highest BCUT2D eigenvalue weighted by atomic mass is 79.9. The number of rotatable bonds is 9. The second kappa shape index (κ2) is 11.4. The number of carboxylic acid groups (broad SMARTS) is 1. The predicted octanol–water partition coefficient (Wildman–Crippen LogP) is 5.30. The number of amides is 1. The van der Waals surface area contributed by atoms with Crippen LogP contribution in [0.25, 0.3) is 0 Å². The molecule has 0 bridgehead atoms. The number of benzene rings is 3. The van der Waals surface area contributed by atoms with Crippen LogP contribution in [-0.4, -0.2) is 33.7 Å². The molecule has 4 N–H and O–H groups in total. The Morgan fingerprint density at radius 3 is 2.26 bits per heavy atom. The molecule has 0 saturated heterocycles. The zero-order valence-electron chi connectivity index (χ0n) is 18.4. The van der Waals surface area contributed by atoms with E-state index in [0.717, 1.165) is 5.56 Å². The van der Waals surface area contributed by atoms with Gasteiger partial charge in [0, 0.05) is 6.54 Å². The van der Waals surface area contributed by atoms with Gasteiger partial charge in [-0.3, -0.25) is 4.79 Å². The third kappa shape index (κ3) is 6.73. The van der Waals surface area contributed by atoms with Gasteiger partial charge in [0.1, 0.15) is 16.8 Å². The maximum Gasteiger partial charge on any atom is 0.335 e. The summed E-state index contributed by atoms with van der Waals surface area (Å²) in [7, 11) is -1.47. The van der Waals surface area contributed by atoms with Crippen LogP contribution in [0.4, 0.5) is 0 Å². The van der Waals surface area contributed by atoms with Gasteiger partial charge in [0.05, 0.1) is 28.5 Å². The molecule has 0 aliphatic heterocycles. The minimum Gasteiger partial charge on any atom is -0.507 e. The Morgan fingerprint density at radius 2 is 1.69 bits per heavy atom. The number of halogens is 2. The number of hydrogen-bond acceptors (Lipinski definition) is 6. The lowest BCUT2D eigenvalue weighted by atomic mass is 10.1. The zero-order chi connectivity index (χ0) is 25.8. The van der Waals surface area contributed by atoms with Gasteiger partial charge in [-0.15, -0.1) is 0 Å². The van der Waals surface area contributed by atoms with Gasteiger partial charge in [-0.2, -0.15) is 0 Å². The topological polar surface area (TPSA) is 133 Å². The van der Waals surface area contributed by atoms with Crippen molar-refractivity contribution in [1.82, 2.24) is 5.32 Å². The second-order valence-electron chi connectivity index (χ2n) is 7.82. The maximum atomic E-state index is 12.6. The molecular formula is C24H22Br2NO7P. The molecular weight excluding hydrogens is 605 g/mol. The maximum absolute atomic E-state index is 12.6. The molecule has 0 saturated carbocycles. The first-order valence-corrected chi connectivity index (χ1v) is 12.9. The quantitative estimate of drug-likeness (QED) is 0.237. The number of carbonyl (C=O) groups is 2. The fraction of sp³-hybridized carbons (Fsp3) is 0.167. The predicted molar refractivity (Wildman–Crippen MR) is 139 cm³/mol. The van der Waals surface area contributed by atoms with Crippen molar-refractivity contribution in [2.24, 2.45) is 0 Å². The van der Waals surface area contributed by atoms with Crippen molar-refractivity contribution in [3.63, 3.8) is 0 Å². The first kappa shape index (κ1) is 26.9. The average molecular weight is 627 g/mol. The number of nitrogens with one attached hydrogen (secondary N) is 1. The number of aromatic carboxylic acids is 1. The van der Waals surface area contributed by atoms with Gasteiger partial charge in [-0.1, -0.05) is 12.1 Å². The summed E-state index contributed by atoms with van der Waals surface area (Å²) < 4.78 is 18.2. The Kier molecular flexibility index (Phi) is 8.77. The minimum atomic E-state index is -1.47. The number of aromatic hydroxyl groups is 1. The first-order chi connectivity index (χ1) is 16.5. The van der Waals surface area contributed by atoms with Gasteiger partial charge >= 0.3 is 5.97 Å². The van der Waals surface area contributed by atoms with Gasteiger partial charge in [0.25, 0.3) is 5.91 Å². The average Bonchev–Trinajstić information content (AvgIpc) is 2.82. The fourth-order valence-corrected chi connectivity index (χ4v) is 4.78. The molecule has 2 atom stereocenters.